The first kappa shape index (κ1) is 15.5. The van der Waals surface area contributed by atoms with Crippen LogP contribution in [0.15, 0.2) is 18.2 Å². The van der Waals surface area contributed by atoms with Crippen molar-refractivity contribution in [2.45, 2.75) is 33.7 Å². The lowest BCUT2D eigenvalue weighted by atomic mass is 10.1. The van der Waals surface area contributed by atoms with Gasteiger partial charge in [0, 0.05) is 0 Å². The lowest BCUT2D eigenvalue weighted by Crippen LogP contribution is -2.43. The van der Waals surface area contributed by atoms with Crippen LogP contribution < -0.4 is 10.1 Å². The van der Waals surface area contributed by atoms with E-state index in [1.807, 2.05) is 45.9 Å². The van der Waals surface area contributed by atoms with Gasteiger partial charge in [-0.3, -0.25) is 4.79 Å². The number of aliphatic hydroxyl groups is 1. The molecule has 0 saturated heterocycles. The van der Waals surface area contributed by atoms with Crippen LogP contribution in [0, 0.1) is 19.8 Å². The summed E-state index contributed by atoms with van der Waals surface area (Å²) in [7, 11) is 0. The maximum Gasteiger partial charge on any atom is 0.258 e. The number of aryl methyl sites for hydroxylation is 2. The Bertz CT molecular complexity index is 409. The molecule has 1 unspecified atom stereocenters. The highest BCUT2D eigenvalue weighted by Gasteiger charge is 2.15. The summed E-state index contributed by atoms with van der Waals surface area (Å²) < 4.78 is 5.56. The topological polar surface area (TPSA) is 58.6 Å². The Morgan fingerprint density at radius 3 is 2.37 bits per heavy atom. The van der Waals surface area contributed by atoms with Crippen molar-refractivity contribution in [1.29, 1.82) is 0 Å². The summed E-state index contributed by atoms with van der Waals surface area (Å²) in [5.74, 6) is 0.729. The van der Waals surface area contributed by atoms with E-state index in [9.17, 15) is 4.79 Å². The van der Waals surface area contributed by atoms with E-state index >= 15 is 0 Å². The van der Waals surface area contributed by atoms with Crippen LogP contribution in [0.1, 0.15) is 25.0 Å². The summed E-state index contributed by atoms with van der Waals surface area (Å²) in [6.07, 6.45) is 0. The normalized spacial score (nSPS) is 12.3. The fourth-order valence-corrected chi connectivity index (χ4v) is 1.84. The van der Waals surface area contributed by atoms with Crippen LogP contribution in [0.3, 0.4) is 0 Å². The number of rotatable bonds is 6. The maximum atomic E-state index is 11.8. The number of carbonyl (C=O) groups is 1. The molecule has 0 saturated carbocycles. The number of hydrogen-bond donors (Lipinski definition) is 2. The van der Waals surface area contributed by atoms with Crippen molar-refractivity contribution in [3.8, 4) is 5.75 Å². The zero-order valence-corrected chi connectivity index (χ0v) is 12.1. The minimum Gasteiger partial charge on any atom is -0.483 e. The zero-order valence-electron chi connectivity index (χ0n) is 12.1. The van der Waals surface area contributed by atoms with Crippen LogP contribution in [-0.4, -0.2) is 30.3 Å². The summed E-state index contributed by atoms with van der Waals surface area (Å²) in [5.41, 5.74) is 2.02. The second kappa shape index (κ2) is 7.14. The third-order valence-electron chi connectivity index (χ3n) is 3.10. The fourth-order valence-electron chi connectivity index (χ4n) is 1.84. The molecule has 0 fully saturated rings. The highest BCUT2D eigenvalue weighted by atomic mass is 16.5. The van der Waals surface area contributed by atoms with Crippen molar-refractivity contribution in [1.82, 2.24) is 5.32 Å². The third kappa shape index (κ3) is 4.56. The third-order valence-corrected chi connectivity index (χ3v) is 3.10. The van der Waals surface area contributed by atoms with Crippen LogP contribution in [-0.2, 0) is 4.79 Å². The molecular weight excluding hydrogens is 242 g/mol. The van der Waals surface area contributed by atoms with Crippen molar-refractivity contribution in [2.24, 2.45) is 5.92 Å². The van der Waals surface area contributed by atoms with Gasteiger partial charge in [-0.2, -0.15) is 0 Å². The lowest BCUT2D eigenvalue weighted by Gasteiger charge is -2.20. The van der Waals surface area contributed by atoms with E-state index in [1.165, 1.54) is 0 Å². The van der Waals surface area contributed by atoms with Gasteiger partial charge in [-0.05, 0) is 30.9 Å². The molecule has 1 aromatic rings. The maximum absolute atomic E-state index is 11.8. The summed E-state index contributed by atoms with van der Waals surface area (Å²) in [5, 5.41) is 11.9. The van der Waals surface area contributed by atoms with E-state index in [1.54, 1.807) is 0 Å². The van der Waals surface area contributed by atoms with Gasteiger partial charge in [0.05, 0.1) is 12.6 Å². The first-order valence-corrected chi connectivity index (χ1v) is 6.55. The Morgan fingerprint density at radius 1 is 1.32 bits per heavy atom. The molecule has 4 nitrogen and oxygen atoms in total. The Kier molecular flexibility index (Phi) is 5.83. The van der Waals surface area contributed by atoms with Gasteiger partial charge in [0.2, 0.25) is 0 Å². The Balaban J connectivity index is 2.55. The number of para-hydroxylation sites is 1. The van der Waals surface area contributed by atoms with Gasteiger partial charge in [-0.25, -0.2) is 0 Å². The lowest BCUT2D eigenvalue weighted by molar-refractivity contribution is -0.124. The summed E-state index contributed by atoms with van der Waals surface area (Å²) in [4.78, 5) is 11.8. The molecule has 0 aliphatic rings. The molecule has 19 heavy (non-hydrogen) atoms. The van der Waals surface area contributed by atoms with Crippen LogP contribution in [0.4, 0.5) is 0 Å². The molecule has 1 aromatic carbocycles. The molecule has 0 radical (unpaired) electrons. The molecule has 0 spiro atoms. The molecule has 1 atom stereocenters. The number of aliphatic hydroxyl groups excluding tert-OH is 1. The zero-order chi connectivity index (χ0) is 14.4. The molecule has 1 rings (SSSR count). The SMILES string of the molecule is Cc1cccc(C)c1OCC(=O)NC(CO)C(C)C. The standard InChI is InChI=1S/C15H23NO3/c1-10(2)13(8-17)16-14(18)9-19-15-11(3)6-5-7-12(15)4/h5-7,10,13,17H,8-9H2,1-4H3,(H,16,18). The molecule has 0 aromatic heterocycles. The number of ether oxygens (including phenoxy) is 1. The summed E-state index contributed by atoms with van der Waals surface area (Å²) in [6.45, 7) is 7.71. The van der Waals surface area contributed by atoms with Crippen molar-refractivity contribution < 1.29 is 14.6 Å². The van der Waals surface area contributed by atoms with Gasteiger partial charge in [0.25, 0.3) is 5.91 Å². The van der Waals surface area contributed by atoms with Gasteiger partial charge in [-0.1, -0.05) is 32.0 Å². The molecule has 0 aliphatic heterocycles. The van der Waals surface area contributed by atoms with Crippen LogP contribution >= 0.6 is 0 Å². The van der Waals surface area contributed by atoms with Crippen molar-refractivity contribution in [3.05, 3.63) is 29.3 Å². The molecule has 4 heteroatoms. The number of amides is 1. The highest BCUT2D eigenvalue weighted by Crippen LogP contribution is 2.22. The van der Waals surface area contributed by atoms with Crippen LogP contribution in [0.5, 0.6) is 5.75 Å². The van der Waals surface area contributed by atoms with E-state index in [2.05, 4.69) is 5.32 Å². The number of carbonyl (C=O) groups excluding carboxylic acids is 1. The molecule has 0 aliphatic carbocycles. The van der Waals surface area contributed by atoms with E-state index in [-0.39, 0.29) is 31.1 Å². The smallest absolute Gasteiger partial charge is 0.258 e. The number of nitrogens with one attached hydrogen (secondary N) is 1. The Labute approximate surface area is 114 Å². The van der Waals surface area contributed by atoms with Crippen molar-refractivity contribution in [3.63, 3.8) is 0 Å². The average molecular weight is 265 g/mol. The summed E-state index contributed by atoms with van der Waals surface area (Å²) >= 11 is 0. The van der Waals surface area contributed by atoms with Gasteiger partial charge in [0.15, 0.2) is 6.61 Å². The fraction of sp³-hybridized carbons (Fsp3) is 0.533. The number of benzene rings is 1. The second-order valence-corrected chi connectivity index (χ2v) is 5.11. The van der Waals surface area contributed by atoms with Crippen molar-refractivity contribution >= 4 is 5.91 Å². The molecular formula is C15H23NO3. The van der Waals surface area contributed by atoms with E-state index in [4.69, 9.17) is 9.84 Å². The van der Waals surface area contributed by atoms with Gasteiger partial charge < -0.3 is 15.2 Å². The van der Waals surface area contributed by atoms with Crippen molar-refractivity contribution in [2.75, 3.05) is 13.2 Å². The van der Waals surface area contributed by atoms with E-state index < -0.39 is 0 Å². The molecule has 0 bridgehead atoms. The van der Waals surface area contributed by atoms with Crippen LogP contribution in [0.2, 0.25) is 0 Å². The van der Waals surface area contributed by atoms with Gasteiger partial charge >= 0.3 is 0 Å². The molecule has 1 amide bonds. The summed E-state index contributed by atoms with van der Waals surface area (Å²) in [6, 6.07) is 5.63. The first-order chi connectivity index (χ1) is 8.95. The predicted molar refractivity (Wildman–Crippen MR) is 75.3 cm³/mol. The largest absolute Gasteiger partial charge is 0.483 e. The molecule has 106 valence electrons. The molecule has 2 N–H and O–H groups in total. The van der Waals surface area contributed by atoms with E-state index in [0.717, 1.165) is 16.9 Å². The number of hydrogen-bond acceptors (Lipinski definition) is 3. The predicted octanol–water partition coefficient (Wildman–Crippen LogP) is 1.82. The minimum absolute atomic E-state index is 0.0328. The second-order valence-electron chi connectivity index (χ2n) is 5.11. The first-order valence-electron chi connectivity index (χ1n) is 6.55. The Hall–Kier alpha value is -1.55. The quantitative estimate of drug-likeness (QED) is 0.825. The van der Waals surface area contributed by atoms with Gasteiger partial charge in [0.1, 0.15) is 5.75 Å². The Morgan fingerprint density at radius 2 is 1.89 bits per heavy atom. The highest BCUT2D eigenvalue weighted by molar-refractivity contribution is 5.78. The molecule has 0 heterocycles. The van der Waals surface area contributed by atoms with E-state index in [0.29, 0.717) is 0 Å². The average Bonchev–Trinajstić information content (AvgIpc) is 2.35. The minimum atomic E-state index is -0.228. The monoisotopic (exact) mass is 265 g/mol. The van der Waals surface area contributed by atoms with Crippen LogP contribution in [0.25, 0.3) is 0 Å². The van der Waals surface area contributed by atoms with Gasteiger partial charge in [-0.15, -0.1) is 0 Å².